The fourth-order valence-corrected chi connectivity index (χ4v) is 2.73. The summed E-state index contributed by atoms with van der Waals surface area (Å²) in [6.45, 7) is 0.812. The van der Waals surface area contributed by atoms with E-state index in [-0.39, 0.29) is 36.1 Å². The third-order valence-corrected chi connectivity index (χ3v) is 4.31. The molecular weight excluding hydrogens is 387 g/mol. The summed E-state index contributed by atoms with van der Waals surface area (Å²) in [5.41, 5.74) is 1.11. The highest BCUT2D eigenvalue weighted by Crippen LogP contribution is 2.30. The minimum absolute atomic E-state index is 0.00424. The first-order valence-electron chi connectivity index (χ1n) is 9.16. The van der Waals surface area contributed by atoms with E-state index in [4.69, 9.17) is 0 Å². The zero-order valence-electron chi connectivity index (χ0n) is 15.8. The molecule has 1 saturated carbocycles. The highest BCUT2D eigenvalue weighted by Gasteiger charge is 2.30. The standard InChI is InChI=1S/C20H20F3N3O3/c1-11-6-15(26-19(25-11)8-16(27)13-3-4-13)20(28)24-9-12-2-5-17(14(21)7-12)29-10-18(22)23/h2,5-7,13,18H,3-4,8-10H2,1H3,(H,24,28). The molecule has 0 radical (unpaired) electrons. The number of ether oxygens (including phenoxy) is 1. The van der Waals surface area contributed by atoms with Gasteiger partial charge in [-0.25, -0.2) is 23.1 Å². The van der Waals surface area contributed by atoms with Gasteiger partial charge in [0, 0.05) is 18.2 Å². The van der Waals surface area contributed by atoms with Crippen LogP contribution in [0.4, 0.5) is 13.2 Å². The van der Waals surface area contributed by atoms with E-state index in [1.54, 1.807) is 6.92 Å². The summed E-state index contributed by atoms with van der Waals surface area (Å²) in [4.78, 5) is 32.7. The highest BCUT2D eigenvalue weighted by molar-refractivity contribution is 5.92. The number of Topliss-reactive ketones (excluding diaryl/α,β-unsaturated/α-hetero) is 1. The van der Waals surface area contributed by atoms with Crippen LogP contribution in [-0.2, 0) is 17.8 Å². The number of ketones is 1. The molecule has 1 aromatic carbocycles. The third kappa shape index (κ3) is 6.00. The lowest BCUT2D eigenvalue weighted by Gasteiger charge is -2.10. The second-order valence-corrected chi connectivity index (χ2v) is 6.88. The van der Waals surface area contributed by atoms with Gasteiger partial charge in [0.15, 0.2) is 11.6 Å². The molecule has 2 aromatic rings. The van der Waals surface area contributed by atoms with E-state index in [2.05, 4.69) is 20.0 Å². The van der Waals surface area contributed by atoms with Crippen molar-refractivity contribution < 1.29 is 27.5 Å². The number of hydrogen-bond donors (Lipinski definition) is 1. The van der Waals surface area contributed by atoms with Crippen molar-refractivity contribution in [3.63, 3.8) is 0 Å². The maximum atomic E-state index is 13.9. The van der Waals surface area contributed by atoms with Gasteiger partial charge in [-0.05, 0) is 43.5 Å². The molecule has 6 nitrogen and oxygen atoms in total. The number of halogens is 3. The first-order valence-corrected chi connectivity index (χ1v) is 9.16. The van der Waals surface area contributed by atoms with E-state index in [1.807, 2.05) is 0 Å². The van der Waals surface area contributed by atoms with Gasteiger partial charge < -0.3 is 10.1 Å². The predicted octanol–water partition coefficient (Wildman–Crippen LogP) is 3.02. The molecule has 0 unspecified atom stereocenters. The van der Waals surface area contributed by atoms with Crippen LogP contribution in [0.3, 0.4) is 0 Å². The topological polar surface area (TPSA) is 81.2 Å². The van der Waals surface area contributed by atoms with Gasteiger partial charge in [-0.3, -0.25) is 9.59 Å². The first kappa shape index (κ1) is 20.8. The molecule has 0 aliphatic heterocycles. The summed E-state index contributed by atoms with van der Waals surface area (Å²) in [6, 6.07) is 5.30. The number of hydrogen-bond acceptors (Lipinski definition) is 5. The van der Waals surface area contributed by atoms with Gasteiger partial charge in [-0.2, -0.15) is 0 Å². The quantitative estimate of drug-likeness (QED) is 0.691. The fourth-order valence-electron chi connectivity index (χ4n) is 2.73. The zero-order chi connectivity index (χ0) is 21.0. The molecule has 0 spiro atoms. The maximum absolute atomic E-state index is 13.9. The largest absolute Gasteiger partial charge is 0.485 e. The Labute approximate surface area is 165 Å². The van der Waals surface area contributed by atoms with Gasteiger partial charge in [0.2, 0.25) is 0 Å². The van der Waals surface area contributed by atoms with E-state index in [9.17, 15) is 22.8 Å². The Morgan fingerprint density at radius 3 is 2.66 bits per heavy atom. The van der Waals surface area contributed by atoms with Crippen LogP contribution < -0.4 is 10.1 Å². The maximum Gasteiger partial charge on any atom is 0.272 e. The van der Waals surface area contributed by atoms with Crippen LogP contribution >= 0.6 is 0 Å². The Kier molecular flexibility index (Phi) is 6.46. The van der Waals surface area contributed by atoms with Crippen molar-refractivity contribution in [1.29, 1.82) is 0 Å². The van der Waals surface area contributed by atoms with E-state index in [1.165, 1.54) is 18.2 Å². The molecule has 1 N–H and O–H groups in total. The summed E-state index contributed by atoms with van der Waals surface area (Å²) in [6.07, 6.45) is -0.826. The second kappa shape index (κ2) is 9.02. The van der Waals surface area contributed by atoms with Crippen LogP contribution in [0.5, 0.6) is 5.75 Å². The Hall–Kier alpha value is -2.97. The van der Waals surface area contributed by atoms with Crippen LogP contribution in [0.15, 0.2) is 24.3 Å². The fraction of sp³-hybridized carbons (Fsp3) is 0.400. The molecule has 1 amide bonds. The SMILES string of the molecule is Cc1cc(C(=O)NCc2ccc(OCC(F)F)c(F)c2)nc(CC(=O)C2CC2)n1. The summed E-state index contributed by atoms with van der Waals surface area (Å²) in [5, 5.41) is 2.61. The lowest BCUT2D eigenvalue weighted by molar-refractivity contribution is -0.119. The monoisotopic (exact) mass is 407 g/mol. The van der Waals surface area contributed by atoms with Crippen LogP contribution in [0.25, 0.3) is 0 Å². The zero-order valence-corrected chi connectivity index (χ0v) is 15.8. The molecule has 0 saturated heterocycles. The van der Waals surface area contributed by atoms with E-state index >= 15 is 0 Å². The van der Waals surface area contributed by atoms with Crippen molar-refractivity contribution >= 4 is 11.7 Å². The second-order valence-electron chi connectivity index (χ2n) is 6.88. The predicted molar refractivity (Wildman–Crippen MR) is 97.3 cm³/mol. The molecule has 1 fully saturated rings. The third-order valence-electron chi connectivity index (χ3n) is 4.31. The molecule has 29 heavy (non-hydrogen) atoms. The van der Waals surface area contributed by atoms with Crippen molar-refractivity contribution in [3.05, 3.63) is 52.9 Å². The lowest BCUT2D eigenvalue weighted by atomic mass is 10.2. The molecule has 0 bridgehead atoms. The number of alkyl halides is 2. The summed E-state index contributed by atoms with van der Waals surface area (Å²) in [7, 11) is 0. The Bertz CT molecular complexity index is 917. The molecule has 1 aromatic heterocycles. The lowest BCUT2D eigenvalue weighted by Crippen LogP contribution is -2.25. The van der Waals surface area contributed by atoms with Crippen LogP contribution in [0, 0.1) is 18.7 Å². The van der Waals surface area contributed by atoms with Crippen molar-refractivity contribution in [2.24, 2.45) is 5.92 Å². The van der Waals surface area contributed by atoms with Crippen molar-refractivity contribution in [2.45, 2.75) is 39.2 Å². The molecule has 1 heterocycles. The molecule has 1 aliphatic rings. The molecule has 0 atom stereocenters. The molecule has 154 valence electrons. The number of benzene rings is 1. The number of aromatic nitrogens is 2. The van der Waals surface area contributed by atoms with Crippen LogP contribution in [-0.4, -0.2) is 34.7 Å². The van der Waals surface area contributed by atoms with Crippen LogP contribution in [0.2, 0.25) is 0 Å². The molecule has 9 heteroatoms. The number of amides is 1. The van der Waals surface area contributed by atoms with Gasteiger partial charge in [-0.1, -0.05) is 6.07 Å². The minimum Gasteiger partial charge on any atom is -0.485 e. The van der Waals surface area contributed by atoms with Gasteiger partial charge in [-0.15, -0.1) is 0 Å². The molecule has 1 aliphatic carbocycles. The van der Waals surface area contributed by atoms with Gasteiger partial charge in [0.05, 0.1) is 6.42 Å². The minimum atomic E-state index is -2.70. The highest BCUT2D eigenvalue weighted by atomic mass is 19.3. The number of nitrogens with one attached hydrogen (secondary N) is 1. The number of carbonyl (C=O) groups is 2. The molecule has 3 rings (SSSR count). The van der Waals surface area contributed by atoms with Gasteiger partial charge in [0.25, 0.3) is 12.3 Å². The summed E-state index contributed by atoms with van der Waals surface area (Å²) in [5.74, 6) is -1.11. The van der Waals surface area contributed by atoms with E-state index < -0.39 is 24.8 Å². The number of carbonyl (C=O) groups excluding carboxylic acids is 2. The Morgan fingerprint density at radius 2 is 2.00 bits per heavy atom. The molecular formula is C20H20F3N3O3. The van der Waals surface area contributed by atoms with Gasteiger partial charge in [0.1, 0.15) is 23.9 Å². The average Bonchev–Trinajstić information content (AvgIpc) is 3.50. The van der Waals surface area contributed by atoms with Crippen molar-refractivity contribution in [1.82, 2.24) is 15.3 Å². The number of aryl methyl sites for hydroxylation is 1. The number of rotatable bonds is 9. The smallest absolute Gasteiger partial charge is 0.272 e. The van der Waals surface area contributed by atoms with E-state index in [0.29, 0.717) is 17.1 Å². The van der Waals surface area contributed by atoms with E-state index in [0.717, 1.165) is 18.9 Å². The normalized spacial score (nSPS) is 13.4. The average molecular weight is 407 g/mol. The number of nitrogens with zero attached hydrogens (tertiary/aromatic N) is 2. The van der Waals surface area contributed by atoms with Crippen molar-refractivity contribution in [2.75, 3.05) is 6.61 Å². The van der Waals surface area contributed by atoms with Gasteiger partial charge >= 0.3 is 0 Å². The van der Waals surface area contributed by atoms with Crippen molar-refractivity contribution in [3.8, 4) is 5.75 Å². The van der Waals surface area contributed by atoms with Crippen LogP contribution in [0.1, 0.15) is 40.4 Å². The Balaban J connectivity index is 1.60. The summed E-state index contributed by atoms with van der Waals surface area (Å²) < 4.78 is 42.9. The summed E-state index contributed by atoms with van der Waals surface area (Å²) >= 11 is 0. The Morgan fingerprint density at radius 1 is 1.24 bits per heavy atom. The first-order chi connectivity index (χ1) is 13.8.